The first-order valence-electron chi connectivity index (χ1n) is 6.10. The summed E-state index contributed by atoms with van der Waals surface area (Å²) in [4.78, 5) is 7.23. The molecule has 1 aromatic heterocycles. The molecule has 0 amide bonds. The number of nitrogens with zero attached hydrogens (tertiary/aromatic N) is 2. The summed E-state index contributed by atoms with van der Waals surface area (Å²) in [6.07, 6.45) is 4.31. The SMILES string of the molecule is CC1CCC(C)N(c2cc(C(N)=S)ccn2)C1. The molecule has 2 N–H and O–H groups in total. The minimum absolute atomic E-state index is 0.436. The number of rotatable bonds is 2. The van der Waals surface area contributed by atoms with Crippen LogP contribution in [0.2, 0.25) is 0 Å². The second kappa shape index (κ2) is 5.00. The summed E-state index contributed by atoms with van der Waals surface area (Å²) in [6, 6.07) is 4.40. The molecule has 2 rings (SSSR count). The maximum Gasteiger partial charge on any atom is 0.129 e. The van der Waals surface area contributed by atoms with Gasteiger partial charge in [0.05, 0.1) is 0 Å². The van der Waals surface area contributed by atoms with E-state index in [1.807, 2.05) is 12.1 Å². The Kier molecular flexibility index (Phi) is 3.62. The van der Waals surface area contributed by atoms with Crippen molar-refractivity contribution in [3.63, 3.8) is 0 Å². The summed E-state index contributed by atoms with van der Waals surface area (Å²) in [5.74, 6) is 1.72. The summed E-state index contributed by atoms with van der Waals surface area (Å²) in [5.41, 5.74) is 6.56. The van der Waals surface area contributed by atoms with Gasteiger partial charge in [0.1, 0.15) is 10.8 Å². The highest BCUT2D eigenvalue weighted by Gasteiger charge is 2.23. The van der Waals surface area contributed by atoms with Crippen LogP contribution in [0.15, 0.2) is 18.3 Å². The van der Waals surface area contributed by atoms with Gasteiger partial charge in [0.25, 0.3) is 0 Å². The number of nitrogens with two attached hydrogens (primary N) is 1. The molecule has 1 aliphatic rings. The smallest absolute Gasteiger partial charge is 0.129 e. The van der Waals surface area contributed by atoms with Crippen LogP contribution < -0.4 is 10.6 Å². The van der Waals surface area contributed by atoms with Gasteiger partial charge >= 0.3 is 0 Å². The maximum absolute atomic E-state index is 5.66. The average molecular weight is 249 g/mol. The summed E-state index contributed by atoms with van der Waals surface area (Å²) < 4.78 is 0. The van der Waals surface area contributed by atoms with Gasteiger partial charge in [-0.1, -0.05) is 19.1 Å². The summed E-state index contributed by atoms with van der Waals surface area (Å²) >= 11 is 5.01. The highest BCUT2D eigenvalue weighted by atomic mass is 32.1. The van der Waals surface area contributed by atoms with Gasteiger partial charge in [-0.2, -0.15) is 0 Å². The molecule has 1 fully saturated rings. The van der Waals surface area contributed by atoms with Gasteiger partial charge in [0, 0.05) is 24.3 Å². The van der Waals surface area contributed by atoms with E-state index in [-0.39, 0.29) is 0 Å². The molecular formula is C13H19N3S. The van der Waals surface area contributed by atoms with E-state index in [4.69, 9.17) is 18.0 Å². The zero-order valence-corrected chi connectivity index (χ0v) is 11.2. The van der Waals surface area contributed by atoms with Crippen LogP contribution in [-0.2, 0) is 0 Å². The molecule has 0 bridgehead atoms. The van der Waals surface area contributed by atoms with E-state index >= 15 is 0 Å². The number of thiocarbonyl (C=S) groups is 1. The van der Waals surface area contributed by atoms with Crippen LogP contribution in [-0.4, -0.2) is 22.6 Å². The lowest BCUT2D eigenvalue weighted by atomic mass is 9.95. The zero-order valence-electron chi connectivity index (χ0n) is 10.4. The topological polar surface area (TPSA) is 42.1 Å². The fraction of sp³-hybridized carbons (Fsp3) is 0.538. The van der Waals surface area contributed by atoms with Crippen molar-refractivity contribution < 1.29 is 0 Å². The number of hydrogen-bond acceptors (Lipinski definition) is 3. The molecular weight excluding hydrogens is 230 g/mol. The monoisotopic (exact) mass is 249 g/mol. The molecule has 2 heterocycles. The fourth-order valence-electron chi connectivity index (χ4n) is 2.34. The van der Waals surface area contributed by atoms with Crippen molar-refractivity contribution in [2.45, 2.75) is 32.7 Å². The average Bonchev–Trinajstić information content (AvgIpc) is 2.32. The lowest BCUT2D eigenvalue weighted by molar-refractivity contribution is 0.388. The lowest BCUT2D eigenvalue weighted by Crippen LogP contribution is -2.41. The van der Waals surface area contributed by atoms with Crippen molar-refractivity contribution in [2.24, 2.45) is 11.7 Å². The van der Waals surface area contributed by atoms with E-state index in [2.05, 4.69) is 23.7 Å². The van der Waals surface area contributed by atoms with E-state index in [0.717, 1.165) is 23.8 Å². The van der Waals surface area contributed by atoms with Crippen LogP contribution in [0.3, 0.4) is 0 Å². The van der Waals surface area contributed by atoms with Crippen molar-refractivity contribution in [3.05, 3.63) is 23.9 Å². The van der Waals surface area contributed by atoms with E-state index < -0.39 is 0 Å². The van der Waals surface area contributed by atoms with Gasteiger partial charge in [0.2, 0.25) is 0 Å². The van der Waals surface area contributed by atoms with Crippen molar-refractivity contribution in [2.75, 3.05) is 11.4 Å². The Balaban J connectivity index is 2.26. The lowest BCUT2D eigenvalue weighted by Gasteiger charge is -2.37. The Morgan fingerprint density at radius 2 is 2.24 bits per heavy atom. The second-order valence-corrected chi connectivity index (χ2v) is 5.39. The molecule has 1 aromatic rings. The van der Waals surface area contributed by atoms with Gasteiger partial charge in [-0.25, -0.2) is 4.98 Å². The molecule has 17 heavy (non-hydrogen) atoms. The van der Waals surface area contributed by atoms with E-state index in [1.165, 1.54) is 12.8 Å². The van der Waals surface area contributed by atoms with Crippen LogP contribution in [0.25, 0.3) is 0 Å². The molecule has 0 aliphatic carbocycles. The third kappa shape index (κ3) is 2.75. The second-order valence-electron chi connectivity index (χ2n) is 4.95. The first-order chi connectivity index (χ1) is 8.08. The van der Waals surface area contributed by atoms with E-state index in [9.17, 15) is 0 Å². The first-order valence-corrected chi connectivity index (χ1v) is 6.51. The van der Waals surface area contributed by atoms with Crippen molar-refractivity contribution >= 4 is 23.0 Å². The predicted molar refractivity (Wildman–Crippen MR) is 75.3 cm³/mol. The molecule has 3 nitrogen and oxygen atoms in total. The highest BCUT2D eigenvalue weighted by molar-refractivity contribution is 7.80. The number of anilines is 1. The number of aromatic nitrogens is 1. The summed E-state index contributed by atoms with van der Waals surface area (Å²) in [6.45, 7) is 5.60. The van der Waals surface area contributed by atoms with E-state index in [1.54, 1.807) is 6.20 Å². The van der Waals surface area contributed by atoms with Crippen LogP contribution >= 0.6 is 12.2 Å². The van der Waals surface area contributed by atoms with E-state index in [0.29, 0.717) is 11.0 Å². The molecule has 1 aliphatic heterocycles. The summed E-state index contributed by atoms with van der Waals surface area (Å²) in [5, 5.41) is 0. The first kappa shape index (κ1) is 12.3. The highest BCUT2D eigenvalue weighted by Crippen LogP contribution is 2.26. The molecule has 0 spiro atoms. The van der Waals surface area contributed by atoms with Gasteiger partial charge in [-0.15, -0.1) is 0 Å². The predicted octanol–water partition coefficient (Wildman–Crippen LogP) is 2.34. The normalized spacial score (nSPS) is 24.7. The molecule has 1 saturated heterocycles. The van der Waals surface area contributed by atoms with Gasteiger partial charge in [-0.05, 0) is 37.8 Å². The maximum atomic E-state index is 5.66. The number of hydrogen-bond donors (Lipinski definition) is 1. The van der Waals surface area contributed by atoms with Crippen LogP contribution in [0, 0.1) is 5.92 Å². The van der Waals surface area contributed by atoms with Gasteiger partial charge in [0.15, 0.2) is 0 Å². The molecule has 2 unspecified atom stereocenters. The van der Waals surface area contributed by atoms with Crippen molar-refractivity contribution in [1.82, 2.24) is 4.98 Å². The Labute approximate surface area is 108 Å². The van der Waals surface area contributed by atoms with Crippen molar-refractivity contribution in [3.8, 4) is 0 Å². The Morgan fingerprint density at radius 1 is 1.47 bits per heavy atom. The largest absolute Gasteiger partial charge is 0.389 e. The Bertz CT molecular complexity index is 419. The minimum atomic E-state index is 0.436. The zero-order chi connectivity index (χ0) is 12.4. The van der Waals surface area contributed by atoms with Gasteiger partial charge < -0.3 is 10.6 Å². The van der Waals surface area contributed by atoms with Gasteiger partial charge in [-0.3, -0.25) is 0 Å². The standard InChI is InChI=1S/C13H19N3S/c1-9-3-4-10(2)16(8-9)12-7-11(13(14)17)5-6-15-12/h5-7,9-10H,3-4,8H2,1-2H3,(H2,14,17). The third-order valence-corrected chi connectivity index (χ3v) is 3.68. The Hall–Kier alpha value is -1.16. The molecule has 2 atom stereocenters. The summed E-state index contributed by atoms with van der Waals surface area (Å²) in [7, 11) is 0. The van der Waals surface area contributed by atoms with Crippen LogP contribution in [0.4, 0.5) is 5.82 Å². The third-order valence-electron chi connectivity index (χ3n) is 3.44. The molecule has 0 aromatic carbocycles. The number of pyridine rings is 1. The van der Waals surface area contributed by atoms with Crippen LogP contribution in [0.1, 0.15) is 32.3 Å². The Morgan fingerprint density at radius 3 is 2.94 bits per heavy atom. The van der Waals surface area contributed by atoms with Crippen molar-refractivity contribution in [1.29, 1.82) is 0 Å². The van der Waals surface area contributed by atoms with Crippen LogP contribution in [0.5, 0.6) is 0 Å². The molecule has 4 heteroatoms. The minimum Gasteiger partial charge on any atom is -0.389 e. The molecule has 0 radical (unpaired) electrons. The fourth-order valence-corrected chi connectivity index (χ4v) is 2.46. The molecule has 92 valence electrons. The molecule has 0 saturated carbocycles. The number of piperidine rings is 1. The quantitative estimate of drug-likeness (QED) is 0.817.